The van der Waals surface area contributed by atoms with Crippen LogP contribution in [0.3, 0.4) is 0 Å². The van der Waals surface area contributed by atoms with Gasteiger partial charge in [-0.25, -0.2) is 0 Å². The molecule has 1 aliphatic rings. The number of amides is 1. The van der Waals surface area contributed by atoms with E-state index < -0.39 is 5.54 Å². The molecule has 1 aromatic carbocycles. The van der Waals surface area contributed by atoms with Crippen LogP contribution in [-0.2, 0) is 0 Å². The number of nitriles is 2. The van der Waals surface area contributed by atoms with E-state index in [0.717, 1.165) is 12.8 Å². The van der Waals surface area contributed by atoms with E-state index in [4.69, 9.17) is 5.26 Å². The zero-order valence-corrected chi connectivity index (χ0v) is 11.5. The lowest BCUT2D eigenvalue weighted by Gasteiger charge is -2.34. The van der Waals surface area contributed by atoms with Gasteiger partial charge >= 0.3 is 0 Å². The summed E-state index contributed by atoms with van der Waals surface area (Å²) in [5, 5.41) is 21.1. The zero-order valence-electron chi connectivity index (χ0n) is 11.5. The van der Waals surface area contributed by atoms with Crippen LogP contribution in [0.4, 0.5) is 0 Å². The van der Waals surface area contributed by atoms with Crippen molar-refractivity contribution in [1.29, 1.82) is 10.5 Å². The highest BCUT2D eigenvalue weighted by Gasteiger charge is 2.35. The van der Waals surface area contributed by atoms with Gasteiger partial charge in [-0.1, -0.05) is 13.0 Å². The summed E-state index contributed by atoms with van der Waals surface area (Å²) in [6.45, 7) is 2.17. The topological polar surface area (TPSA) is 76.7 Å². The van der Waals surface area contributed by atoms with Crippen LogP contribution < -0.4 is 5.32 Å². The maximum Gasteiger partial charge on any atom is 0.252 e. The van der Waals surface area contributed by atoms with Gasteiger partial charge in [0.15, 0.2) is 0 Å². The molecule has 1 fully saturated rings. The molecule has 0 unspecified atom stereocenters. The fourth-order valence-electron chi connectivity index (χ4n) is 2.54. The van der Waals surface area contributed by atoms with Gasteiger partial charge in [-0.2, -0.15) is 10.5 Å². The average Bonchev–Trinajstić information content (AvgIpc) is 2.50. The summed E-state index contributed by atoms with van der Waals surface area (Å²) >= 11 is 0. The Morgan fingerprint density at radius 2 is 2.05 bits per heavy atom. The minimum Gasteiger partial charge on any atom is -0.334 e. The van der Waals surface area contributed by atoms with Crippen LogP contribution in [0.1, 0.15) is 48.5 Å². The second-order valence-corrected chi connectivity index (χ2v) is 5.52. The number of nitrogens with zero attached hydrogens (tertiary/aromatic N) is 2. The normalized spacial score (nSPS) is 25.2. The fourth-order valence-corrected chi connectivity index (χ4v) is 2.54. The Hall–Kier alpha value is -2.33. The van der Waals surface area contributed by atoms with Gasteiger partial charge in [0.25, 0.3) is 5.91 Å². The lowest BCUT2D eigenvalue weighted by atomic mass is 9.78. The first-order valence-corrected chi connectivity index (χ1v) is 6.82. The zero-order chi connectivity index (χ0) is 14.6. The van der Waals surface area contributed by atoms with Crippen molar-refractivity contribution >= 4 is 5.91 Å². The molecule has 1 amide bonds. The molecule has 0 aromatic heterocycles. The monoisotopic (exact) mass is 267 g/mol. The van der Waals surface area contributed by atoms with Crippen LogP contribution in [0.15, 0.2) is 24.3 Å². The molecule has 1 N–H and O–H groups in total. The molecule has 4 nitrogen and oxygen atoms in total. The first-order chi connectivity index (χ1) is 9.58. The van der Waals surface area contributed by atoms with Crippen LogP contribution >= 0.6 is 0 Å². The molecule has 4 heteroatoms. The molecule has 0 saturated heterocycles. The molecule has 20 heavy (non-hydrogen) atoms. The molecule has 1 aromatic rings. The molecular formula is C16H17N3O. The highest BCUT2D eigenvalue weighted by atomic mass is 16.1. The standard InChI is InChI=1S/C16H17N3O/c1-12-5-7-16(11-18,8-6-12)19-15(20)14-4-2-3-13(9-14)10-17/h2-4,9,12H,5-8H2,1H3,(H,19,20). The van der Waals surface area contributed by atoms with Gasteiger partial charge in [0.1, 0.15) is 5.54 Å². The Morgan fingerprint density at radius 1 is 1.35 bits per heavy atom. The Bertz CT molecular complexity index is 586. The van der Waals surface area contributed by atoms with E-state index in [2.05, 4.69) is 18.3 Å². The minimum absolute atomic E-state index is 0.279. The molecule has 1 saturated carbocycles. The predicted molar refractivity (Wildman–Crippen MR) is 74.6 cm³/mol. The van der Waals surface area contributed by atoms with Gasteiger partial charge in [-0.3, -0.25) is 4.79 Å². The average molecular weight is 267 g/mol. The number of hydrogen-bond donors (Lipinski definition) is 1. The molecule has 2 rings (SSSR count). The van der Waals surface area contributed by atoms with Crippen molar-refractivity contribution in [2.45, 2.75) is 38.1 Å². The molecule has 102 valence electrons. The Balaban J connectivity index is 2.14. The van der Waals surface area contributed by atoms with Crippen molar-refractivity contribution in [2.24, 2.45) is 5.92 Å². The quantitative estimate of drug-likeness (QED) is 0.895. The second kappa shape index (κ2) is 5.75. The van der Waals surface area contributed by atoms with E-state index in [1.165, 1.54) is 0 Å². The lowest BCUT2D eigenvalue weighted by molar-refractivity contribution is 0.0894. The van der Waals surface area contributed by atoms with Crippen molar-refractivity contribution < 1.29 is 4.79 Å². The number of carbonyl (C=O) groups is 1. The molecule has 0 radical (unpaired) electrons. The van der Waals surface area contributed by atoms with E-state index in [0.29, 0.717) is 29.9 Å². The summed E-state index contributed by atoms with van der Waals surface area (Å²) in [6.07, 6.45) is 3.28. The second-order valence-electron chi connectivity index (χ2n) is 5.52. The largest absolute Gasteiger partial charge is 0.334 e. The summed E-state index contributed by atoms with van der Waals surface area (Å²) in [5.74, 6) is 0.327. The van der Waals surface area contributed by atoms with E-state index in [9.17, 15) is 10.1 Å². The third kappa shape index (κ3) is 2.97. The summed E-state index contributed by atoms with van der Waals surface area (Å²) < 4.78 is 0. The van der Waals surface area contributed by atoms with E-state index >= 15 is 0 Å². The van der Waals surface area contributed by atoms with Gasteiger partial charge < -0.3 is 5.32 Å². The van der Waals surface area contributed by atoms with E-state index in [1.54, 1.807) is 24.3 Å². The van der Waals surface area contributed by atoms with E-state index in [-0.39, 0.29) is 5.91 Å². The van der Waals surface area contributed by atoms with Crippen molar-refractivity contribution in [3.05, 3.63) is 35.4 Å². The van der Waals surface area contributed by atoms with Crippen molar-refractivity contribution in [1.82, 2.24) is 5.32 Å². The van der Waals surface area contributed by atoms with Crippen LogP contribution in [0, 0.1) is 28.6 Å². The number of hydrogen-bond acceptors (Lipinski definition) is 3. The number of carbonyl (C=O) groups excluding carboxylic acids is 1. The lowest BCUT2D eigenvalue weighted by Crippen LogP contribution is -2.49. The Kier molecular flexibility index (Phi) is 4.05. The number of rotatable bonds is 2. The first-order valence-electron chi connectivity index (χ1n) is 6.82. The maximum absolute atomic E-state index is 12.3. The van der Waals surface area contributed by atoms with Gasteiger partial charge in [-0.15, -0.1) is 0 Å². The van der Waals surface area contributed by atoms with Gasteiger partial charge in [0.2, 0.25) is 0 Å². The summed E-state index contributed by atoms with van der Waals surface area (Å²) in [4.78, 5) is 12.3. The summed E-state index contributed by atoms with van der Waals surface area (Å²) in [5.41, 5.74) is 0.116. The highest BCUT2D eigenvalue weighted by Crippen LogP contribution is 2.31. The van der Waals surface area contributed by atoms with Crippen molar-refractivity contribution in [2.75, 3.05) is 0 Å². The number of benzene rings is 1. The predicted octanol–water partition coefficient (Wildman–Crippen LogP) is 2.76. The molecule has 0 bridgehead atoms. The Labute approximate surface area is 119 Å². The SMILES string of the molecule is CC1CCC(C#N)(NC(=O)c2cccc(C#N)c2)CC1. The molecule has 0 heterocycles. The van der Waals surface area contributed by atoms with Crippen molar-refractivity contribution in [3.8, 4) is 12.1 Å². The first kappa shape index (κ1) is 14.1. The van der Waals surface area contributed by atoms with Gasteiger partial charge in [0.05, 0.1) is 17.7 Å². The molecule has 1 aliphatic carbocycles. The Morgan fingerprint density at radius 3 is 2.65 bits per heavy atom. The minimum atomic E-state index is -0.758. The number of nitrogens with one attached hydrogen (secondary N) is 1. The summed E-state index contributed by atoms with van der Waals surface area (Å²) in [7, 11) is 0. The van der Waals surface area contributed by atoms with Crippen molar-refractivity contribution in [3.63, 3.8) is 0 Å². The van der Waals surface area contributed by atoms with Crippen LogP contribution in [0.2, 0.25) is 0 Å². The molecule has 0 aliphatic heterocycles. The third-order valence-electron chi connectivity index (χ3n) is 3.95. The fraction of sp³-hybridized carbons (Fsp3) is 0.438. The van der Waals surface area contributed by atoms with Crippen LogP contribution in [-0.4, -0.2) is 11.4 Å². The molecular weight excluding hydrogens is 250 g/mol. The highest BCUT2D eigenvalue weighted by molar-refractivity contribution is 5.95. The summed E-state index contributed by atoms with van der Waals surface area (Å²) in [6, 6.07) is 10.8. The van der Waals surface area contributed by atoms with Crippen LogP contribution in [0.25, 0.3) is 0 Å². The third-order valence-corrected chi connectivity index (χ3v) is 3.95. The van der Waals surface area contributed by atoms with E-state index in [1.807, 2.05) is 6.07 Å². The van der Waals surface area contributed by atoms with Gasteiger partial charge in [-0.05, 0) is 49.8 Å². The molecule has 0 spiro atoms. The molecule has 0 atom stereocenters. The maximum atomic E-state index is 12.3. The van der Waals surface area contributed by atoms with Gasteiger partial charge in [0, 0.05) is 5.56 Å². The van der Waals surface area contributed by atoms with Crippen LogP contribution in [0.5, 0.6) is 0 Å². The smallest absolute Gasteiger partial charge is 0.252 e.